The van der Waals surface area contributed by atoms with Crippen molar-refractivity contribution in [3.05, 3.63) is 53.0 Å². The van der Waals surface area contributed by atoms with Gasteiger partial charge in [-0.05, 0) is 32.0 Å². The van der Waals surface area contributed by atoms with E-state index in [2.05, 4.69) is 0 Å². The Morgan fingerprint density at radius 1 is 1.25 bits per heavy atom. The molecule has 3 nitrogen and oxygen atoms in total. The van der Waals surface area contributed by atoms with Gasteiger partial charge in [0.1, 0.15) is 11.5 Å². The Bertz CT molecular complexity index is 541. The standard InChI is InChI=1S/C13H13NO2/c1-8-6-12(9(2)16-8)13(15)10-4-3-5-11(14)7-10/h3-7H,14H2,1-2H3. The van der Waals surface area contributed by atoms with Crippen molar-refractivity contribution in [2.75, 3.05) is 5.73 Å². The average molecular weight is 215 g/mol. The summed E-state index contributed by atoms with van der Waals surface area (Å²) in [5.74, 6) is 1.33. The lowest BCUT2D eigenvalue weighted by Crippen LogP contribution is -2.02. The Morgan fingerprint density at radius 2 is 2.00 bits per heavy atom. The van der Waals surface area contributed by atoms with E-state index in [0.29, 0.717) is 22.6 Å². The van der Waals surface area contributed by atoms with Crippen LogP contribution in [0.3, 0.4) is 0 Å². The van der Waals surface area contributed by atoms with Crippen molar-refractivity contribution in [2.45, 2.75) is 13.8 Å². The van der Waals surface area contributed by atoms with Crippen LogP contribution in [-0.2, 0) is 0 Å². The molecule has 0 saturated carbocycles. The van der Waals surface area contributed by atoms with Gasteiger partial charge in [-0.2, -0.15) is 0 Å². The number of aryl methyl sites for hydroxylation is 2. The number of benzene rings is 1. The van der Waals surface area contributed by atoms with E-state index in [-0.39, 0.29) is 5.78 Å². The SMILES string of the molecule is Cc1cc(C(=O)c2cccc(N)c2)c(C)o1. The van der Waals surface area contributed by atoms with Crippen molar-refractivity contribution in [1.29, 1.82) is 0 Å². The molecule has 82 valence electrons. The number of hydrogen-bond acceptors (Lipinski definition) is 3. The zero-order valence-corrected chi connectivity index (χ0v) is 9.28. The van der Waals surface area contributed by atoms with Gasteiger partial charge in [0, 0.05) is 11.3 Å². The van der Waals surface area contributed by atoms with Crippen molar-refractivity contribution >= 4 is 11.5 Å². The minimum Gasteiger partial charge on any atom is -0.466 e. The maximum absolute atomic E-state index is 12.1. The summed E-state index contributed by atoms with van der Waals surface area (Å²) in [5.41, 5.74) is 7.42. The molecule has 1 heterocycles. The minimum atomic E-state index is -0.0540. The number of carbonyl (C=O) groups excluding carboxylic acids is 1. The molecule has 3 heteroatoms. The number of nitrogen functional groups attached to an aromatic ring is 1. The van der Waals surface area contributed by atoms with E-state index in [1.807, 2.05) is 6.92 Å². The third-order valence-electron chi connectivity index (χ3n) is 2.43. The summed E-state index contributed by atoms with van der Waals surface area (Å²) < 4.78 is 5.34. The summed E-state index contributed by atoms with van der Waals surface area (Å²) in [7, 11) is 0. The molecule has 16 heavy (non-hydrogen) atoms. The summed E-state index contributed by atoms with van der Waals surface area (Å²) in [4.78, 5) is 12.1. The predicted octanol–water partition coefficient (Wildman–Crippen LogP) is 2.71. The Kier molecular flexibility index (Phi) is 2.52. The van der Waals surface area contributed by atoms with Crippen molar-refractivity contribution in [2.24, 2.45) is 0 Å². The van der Waals surface area contributed by atoms with Gasteiger partial charge in [0.05, 0.1) is 5.56 Å². The highest BCUT2D eigenvalue weighted by molar-refractivity contribution is 6.10. The average Bonchev–Trinajstić information content (AvgIpc) is 2.57. The van der Waals surface area contributed by atoms with Gasteiger partial charge in [-0.3, -0.25) is 4.79 Å². The molecule has 2 rings (SSSR count). The summed E-state index contributed by atoms with van der Waals surface area (Å²) >= 11 is 0. The van der Waals surface area contributed by atoms with Gasteiger partial charge in [0.25, 0.3) is 0 Å². The molecule has 0 aliphatic carbocycles. The lowest BCUT2D eigenvalue weighted by molar-refractivity contribution is 0.103. The first-order valence-corrected chi connectivity index (χ1v) is 5.05. The largest absolute Gasteiger partial charge is 0.466 e. The number of ketones is 1. The van der Waals surface area contributed by atoms with Crippen LogP contribution in [0.25, 0.3) is 0 Å². The van der Waals surface area contributed by atoms with E-state index in [4.69, 9.17) is 10.2 Å². The first kappa shape index (κ1) is 10.5. The topological polar surface area (TPSA) is 56.2 Å². The molecule has 1 aromatic carbocycles. The lowest BCUT2D eigenvalue weighted by Gasteiger charge is -2.00. The van der Waals surface area contributed by atoms with Crippen LogP contribution >= 0.6 is 0 Å². The number of anilines is 1. The first-order chi connectivity index (χ1) is 7.58. The van der Waals surface area contributed by atoms with Crippen molar-refractivity contribution in [1.82, 2.24) is 0 Å². The number of carbonyl (C=O) groups is 1. The van der Waals surface area contributed by atoms with Gasteiger partial charge >= 0.3 is 0 Å². The fourth-order valence-electron chi connectivity index (χ4n) is 1.69. The third-order valence-corrected chi connectivity index (χ3v) is 2.43. The molecular formula is C13H13NO2. The summed E-state index contributed by atoms with van der Waals surface area (Å²) in [5, 5.41) is 0. The molecule has 0 bridgehead atoms. The van der Waals surface area contributed by atoms with Crippen molar-refractivity contribution in [3.63, 3.8) is 0 Å². The molecule has 2 aromatic rings. The highest BCUT2D eigenvalue weighted by atomic mass is 16.3. The van der Waals surface area contributed by atoms with Crippen LogP contribution in [-0.4, -0.2) is 5.78 Å². The summed E-state index contributed by atoms with van der Waals surface area (Å²) in [6, 6.07) is 8.69. The Labute approximate surface area is 93.9 Å². The van der Waals surface area contributed by atoms with Gasteiger partial charge in [0.2, 0.25) is 0 Å². The van der Waals surface area contributed by atoms with Crippen LogP contribution < -0.4 is 5.73 Å². The molecule has 0 fully saturated rings. The van der Waals surface area contributed by atoms with E-state index in [0.717, 1.165) is 5.76 Å². The maximum atomic E-state index is 12.1. The zero-order chi connectivity index (χ0) is 11.7. The lowest BCUT2D eigenvalue weighted by atomic mass is 10.0. The molecule has 0 spiro atoms. The molecule has 0 amide bonds. The fourth-order valence-corrected chi connectivity index (χ4v) is 1.69. The Balaban J connectivity index is 2.43. The van der Waals surface area contributed by atoms with E-state index in [1.54, 1.807) is 37.3 Å². The van der Waals surface area contributed by atoms with Crippen LogP contribution in [0, 0.1) is 13.8 Å². The van der Waals surface area contributed by atoms with E-state index in [9.17, 15) is 4.79 Å². The van der Waals surface area contributed by atoms with Crippen LogP contribution in [0.1, 0.15) is 27.4 Å². The van der Waals surface area contributed by atoms with Gasteiger partial charge in [-0.25, -0.2) is 0 Å². The molecule has 0 atom stereocenters. The smallest absolute Gasteiger partial charge is 0.196 e. The Hall–Kier alpha value is -2.03. The van der Waals surface area contributed by atoms with Gasteiger partial charge < -0.3 is 10.2 Å². The molecular weight excluding hydrogens is 202 g/mol. The summed E-state index contributed by atoms with van der Waals surface area (Å²) in [6.45, 7) is 3.61. The second kappa shape index (κ2) is 3.85. The molecule has 0 radical (unpaired) electrons. The molecule has 0 aliphatic rings. The highest BCUT2D eigenvalue weighted by Crippen LogP contribution is 2.19. The van der Waals surface area contributed by atoms with Crippen LogP contribution in [0.15, 0.2) is 34.7 Å². The summed E-state index contributed by atoms with van der Waals surface area (Å²) in [6.07, 6.45) is 0. The third kappa shape index (κ3) is 1.84. The molecule has 0 saturated heterocycles. The first-order valence-electron chi connectivity index (χ1n) is 5.05. The number of rotatable bonds is 2. The van der Waals surface area contributed by atoms with Crippen LogP contribution in [0.4, 0.5) is 5.69 Å². The van der Waals surface area contributed by atoms with E-state index < -0.39 is 0 Å². The number of furan rings is 1. The zero-order valence-electron chi connectivity index (χ0n) is 9.28. The second-order valence-electron chi connectivity index (χ2n) is 3.78. The minimum absolute atomic E-state index is 0.0540. The van der Waals surface area contributed by atoms with Gasteiger partial charge in [-0.1, -0.05) is 12.1 Å². The van der Waals surface area contributed by atoms with E-state index >= 15 is 0 Å². The quantitative estimate of drug-likeness (QED) is 0.619. The predicted molar refractivity (Wildman–Crippen MR) is 62.5 cm³/mol. The monoisotopic (exact) mass is 215 g/mol. The van der Waals surface area contributed by atoms with E-state index in [1.165, 1.54) is 0 Å². The van der Waals surface area contributed by atoms with Crippen molar-refractivity contribution < 1.29 is 9.21 Å². The van der Waals surface area contributed by atoms with Crippen molar-refractivity contribution in [3.8, 4) is 0 Å². The normalized spacial score (nSPS) is 10.4. The Morgan fingerprint density at radius 3 is 2.56 bits per heavy atom. The second-order valence-corrected chi connectivity index (χ2v) is 3.78. The maximum Gasteiger partial charge on any atom is 0.196 e. The number of nitrogens with two attached hydrogens (primary N) is 1. The molecule has 0 unspecified atom stereocenters. The fraction of sp³-hybridized carbons (Fsp3) is 0.154. The van der Waals surface area contributed by atoms with Gasteiger partial charge in [0.15, 0.2) is 5.78 Å². The van der Waals surface area contributed by atoms with Gasteiger partial charge in [-0.15, -0.1) is 0 Å². The highest BCUT2D eigenvalue weighted by Gasteiger charge is 2.15. The molecule has 2 N–H and O–H groups in total. The molecule has 0 aliphatic heterocycles. The number of hydrogen-bond donors (Lipinski definition) is 1. The van der Waals surface area contributed by atoms with Crippen LogP contribution in [0.2, 0.25) is 0 Å². The molecule has 1 aromatic heterocycles. The van der Waals surface area contributed by atoms with Crippen LogP contribution in [0.5, 0.6) is 0 Å².